The molecule has 2 N–H and O–H groups in total. The van der Waals surface area contributed by atoms with Crippen molar-refractivity contribution in [3.63, 3.8) is 0 Å². The van der Waals surface area contributed by atoms with Crippen LogP contribution in [0, 0.1) is 0 Å². The summed E-state index contributed by atoms with van der Waals surface area (Å²) in [5.41, 5.74) is 5.34. The minimum absolute atomic E-state index is 0.0265. The van der Waals surface area contributed by atoms with Crippen LogP contribution in [0.1, 0.15) is 56.5 Å². The average molecular weight is 841 g/mol. The van der Waals surface area contributed by atoms with Gasteiger partial charge in [-0.2, -0.15) is 0 Å². The molecular formula is C48H44N2O12. The molecule has 14 heteroatoms. The van der Waals surface area contributed by atoms with E-state index < -0.39 is 85.9 Å². The minimum Gasteiger partial charge on any atom is -0.456 e. The SMILES string of the molecule is CC(=O)N[C@@H]1[C@@H](OC[C@H](NC(=O)OCC2c3ccccc3-c3ccccc32)C(=O)OCC(=O)c2ccccc2)O[C@@H]2CO[C@@H](c3ccccc3)O[C@@H]2[C@@H]1OC(=O)c1ccccc1. The van der Waals surface area contributed by atoms with Gasteiger partial charge in [0.15, 0.2) is 37.1 Å². The van der Waals surface area contributed by atoms with Gasteiger partial charge in [0, 0.05) is 24.0 Å². The van der Waals surface area contributed by atoms with Crippen LogP contribution in [0.4, 0.5) is 4.79 Å². The lowest BCUT2D eigenvalue weighted by Crippen LogP contribution is -2.68. The number of hydrogen-bond donors (Lipinski definition) is 2. The van der Waals surface area contributed by atoms with E-state index in [9.17, 15) is 24.0 Å². The zero-order chi connectivity index (χ0) is 43.0. The topological polar surface area (TPSA) is 174 Å². The van der Waals surface area contributed by atoms with E-state index in [0.29, 0.717) is 11.1 Å². The third-order valence-corrected chi connectivity index (χ3v) is 10.8. The molecule has 3 aliphatic rings. The van der Waals surface area contributed by atoms with Crippen LogP contribution in [0.25, 0.3) is 11.1 Å². The smallest absolute Gasteiger partial charge is 0.407 e. The number of nitrogens with one attached hydrogen (secondary N) is 2. The fourth-order valence-corrected chi connectivity index (χ4v) is 7.87. The maximum Gasteiger partial charge on any atom is 0.407 e. The number of carbonyl (C=O) groups excluding carboxylic acids is 5. The summed E-state index contributed by atoms with van der Waals surface area (Å²) in [7, 11) is 0. The maximum atomic E-state index is 13.8. The summed E-state index contributed by atoms with van der Waals surface area (Å²) in [4.78, 5) is 66.7. The molecule has 2 aliphatic heterocycles. The van der Waals surface area contributed by atoms with E-state index in [2.05, 4.69) is 10.6 Å². The molecule has 2 saturated heterocycles. The lowest BCUT2D eigenvalue weighted by molar-refractivity contribution is -0.343. The van der Waals surface area contributed by atoms with Gasteiger partial charge in [0.2, 0.25) is 5.91 Å². The van der Waals surface area contributed by atoms with Gasteiger partial charge in [-0.3, -0.25) is 9.59 Å². The predicted octanol–water partition coefficient (Wildman–Crippen LogP) is 5.91. The van der Waals surface area contributed by atoms with E-state index in [1.165, 1.54) is 6.92 Å². The van der Waals surface area contributed by atoms with Crippen LogP contribution in [-0.4, -0.2) is 92.8 Å². The zero-order valence-electron chi connectivity index (χ0n) is 33.6. The fraction of sp³-hybridized carbons (Fsp3) is 0.271. The minimum atomic E-state index is -1.54. The van der Waals surface area contributed by atoms with Crippen LogP contribution in [0.5, 0.6) is 0 Å². The number of alkyl carbamates (subject to hydrolysis) is 1. The summed E-state index contributed by atoms with van der Waals surface area (Å²) in [6.07, 6.45) is -6.24. The Hall–Kier alpha value is -6.71. The fourth-order valence-electron chi connectivity index (χ4n) is 7.87. The normalized spacial score (nSPS) is 21.8. The van der Waals surface area contributed by atoms with Crippen LogP contribution in [-0.2, 0) is 42.7 Å². The summed E-state index contributed by atoms with van der Waals surface area (Å²) < 4.78 is 42.3. The predicted molar refractivity (Wildman–Crippen MR) is 222 cm³/mol. The molecule has 2 amide bonds. The molecule has 0 aromatic heterocycles. The second kappa shape index (κ2) is 19.3. The van der Waals surface area contributed by atoms with Crippen molar-refractivity contribution in [2.45, 2.75) is 55.8 Å². The quantitative estimate of drug-likeness (QED) is 0.0771. The summed E-state index contributed by atoms with van der Waals surface area (Å²) in [5.74, 6) is -2.95. The van der Waals surface area contributed by atoms with Crippen molar-refractivity contribution in [1.29, 1.82) is 0 Å². The molecule has 0 bridgehead atoms. The molecule has 0 unspecified atom stereocenters. The number of ketones is 1. The van der Waals surface area contributed by atoms with Gasteiger partial charge >= 0.3 is 18.0 Å². The monoisotopic (exact) mass is 840 g/mol. The Kier molecular flexibility index (Phi) is 13.1. The van der Waals surface area contributed by atoms with Gasteiger partial charge in [0.1, 0.15) is 24.9 Å². The second-order valence-corrected chi connectivity index (χ2v) is 14.9. The van der Waals surface area contributed by atoms with Gasteiger partial charge in [0.05, 0.1) is 18.8 Å². The molecule has 7 atom stereocenters. The van der Waals surface area contributed by atoms with Gasteiger partial charge < -0.3 is 43.8 Å². The molecule has 2 fully saturated rings. The summed E-state index contributed by atoms with van der Waals surface area (Å²) in [5, 5.41) is 5.33. The first kappa shape index (κ1) is 42.0. The lowest BCUT2D eigenvalue weighted by atomic mass is 9.95. The highest BCUT2D eigenvalue weighted by atomic mass is 16.8. The molecule has 0 saturated carbocycles. The Morgan fingerprint density at radius 3 is 1.95 bits per heavy atom. The number of Topliss-reactive ketones (excluding diaryl/α,β-unsaturated/α-hetero) is 1. The van der Waals surface area contributed by atoms with E-state index in [4.69, 9.17) is 33.2 Å². The van der Waals surface area contributed by atoms with Gasteiger partial charge in [-0.25, -0.2) is 14.4 Å². The number of esters is 2. The van der Waals surface area contributed by atoms with Crippen LogP contribution in [0.2, 0.25) is 0 Å². The maximum absolute atomic E-state index is 13.8. The standard InChI is InChI=1S/C48H44N2O12/c1-29(51)49-41-43(61-44(53)31-17-7-3-8-18-31)42-40(28-58-46(62-42)32-19-9-4-10-20-32)60-47(41)57-26-38(45(54)56-27-39(52)30-15-5-2-6-16-30)50-48(55)59-25-37-35-23-13-11-21-33(35)34-22-12-14-24-36(34)37/h2-24,37-38,40-43,46-47H,25-28H2,1H3,(H,49,51)(H,50,55)/t38-,40+,41-,42-,43+,46+,47-/m0/s1. The van der Waals surface area contributed by atoms with E-state index >= 15 is 0 Å². The Balaban J connectivity index is 1.02. The first-order valence-corrected chi connectivity index (χ1v) is 20.2. The molecule has 8 rings (SSSR count). The summed E-state index contributed by atoms with van der Waals surface area (Å²) in [6.45, 7) is -0.0132. The number of amides is 2. The third kappa shape index (κ3) is 9.59. The number of ether oxygens (including phenoxy) is 7. The van der Waals surface area contributed by atoms with E-state index in [1.807, 2.05) is 78.9 Å². The van der Waals surface area contributed by atoms with Crippen molar-refractivity contribution in [1.82, 2.24) is 10.6 Å². The average Bonchev–Trinajstić information content (AvgIpc) is 3.63. The van der Waals surface area contributed by atoms with Crippen LogP contribution < -0.4 is 10.6 Å². The summed E-state index contributed by atoms with van der Waals surface area (Å²) >= 11 is 0. The Bertz CT molecular complexity index is 2330. The Morgan fingerprint density at radius 1 is 0.710 bits per heavy atom. The molecule has 14 nitrogen and oxygen atoms in total. The van der Waals surface area contributed by atoms with Gasteiger partial charge in [0.25, 0.3) is 0 Å². The van der Waals surface area contributed by atoms with Crippen molar-refractivity contribution in [3.05, 3.63) is 167 Å². The van der Waals surface area contributed by atoms with E-state index in [1.54, 1.807) is 60.7 Å². The number of fused-ring (bicyclic) bond motifs is 4. The molecule has 1 aliphatic carbocycles. The van der Waals surface area contributed by atoms with Crippen molar-refractivity contribution in [3.8, 4) is 11.1 Å². The molecule has 2 heterocycles. The Morgan fingerprint density at radius 2 is 1.31 bits per heavy atom. The van der Waals surface area contributed by atoms with E-state index in [0.717, 1.165) is 22.3 Å². The molecule has 62 heavy (non-hydrogen) atoms. The highest BCUT2D eigenvalue weighted by Gasteiger charge is 2.53. The third-order valence-electron chi connectivity index (χ3n) is 10.8. The van der Waals surface area contributed by atoms with E-state index in [-0.39, 0.29) is 24.7 Å². The van der Waals surface area contributed by atoms with Crippen LogP contribution in [0.3, 0.4) is 0 Å². The molecule has 0 radical (unpaired) electrons. The zero-order valence-corrected chi connectivity index (χ0v) is 33.6. The number of carbonyl (C=O) groups is 5. The molecule has 318 valence electrons. The molecule has 0 spiro atoms. The van der Waals surface area contributed by atoms with Gasteiger partial charge in [-0.05, 0) is 34.4 Å². The van der Waals surface area contributed by atoms with Crippen LogP contribution >= 0.6 is 0 Å². The van der Waals surface area contributed by atoms with Crippen molar-refractivity contribution >= 4 is 29.7 Å². The van der Waals surface area contributed by atoms with Crippen molar-refractivity contribution in [2.24, 2.45) is 0 Å². The number of benzene rings is 5. The number of hydrogen-bond acceptors (Lipinski definition) is 12. The molecule has 5 aromatic carbocycles. The molecule has 5 aromatic rings. The highest BCUT2D eigenvalue weighted by Crippen LogP contribution is 2.44. The Labute approximate surface area is 357 Å². The summed E-state index contributed by atoms with van der Waals surface area (Å²) in [6, 6.07) is 38.7. The highest BCUT2D eigenvalue weighted by molar-refractivity contribution is 5.98. The van der Waals surface area contributed by atoms with Crippen molar-refractivity contribution < 1.29 is 57.1 Å². The number of rotatable bonds is 14. The van der Waals surface area contributed by atoms with Gasteiger partial charge in [-0.1, -0.05) is 127 Å². The first-order chi connectivity index (χ1) is 30.2. The lowest BCUT2D eigenvalue weighted by Gasteiger charge is -2.48. The molecular weight excluding hydrogens is 797 g/mol. The first-order valence-electron chi connectivity index (χ1n) is 20.2. The van der Waals surface area contributed by atoms with Crippen molar-refractivity contribution in [2.75, 3.05) is 26.4 Å². The second-order valence-electron chi connectivity index (χ2n) is 14.9. The van der Waals surface area contributed by atoms with Gasteiger partial charge in [-0.15, -0.1) is 0 Å². The van der Waals surface area contributed by atoms with Crippen LogP contribution in [0.15, 0.2) is 140 Å². The largest absolute Gasteiger partial charge is 0.456 e.